The SMILES string of the molecule is C.COC(=O)OCC(C)O.COC(=O)OCC(C)O.COC(=O)OCC(C)O.COC(=O)OCC(C)O.COC(=O)OCC(C)O.COC(=O)OCC(C)O.[Y].[Y].[Y].[Y].[Y].[Y]. The van der Waals surface area contributed by atoms with Gasteiger partial charge in [0.25, 0.3) is 0 Å². The Balaban J connectivity index is -0.0000000403. The summed E-state index contributed by atoms with van der Waals surface area (Å²) < 4.78 is 50.8. The summed E-state index contributed by atoms with van der Waals surface area (Å²) >= 11 is 0. The standard InChI is InChI=1S/6C5H10O4.CH4.6Y/c6*1-4(6)3-9-5(7)8-2;;;;;;;/h6*4,6H,3H2,1-2H3;1H4;;;;;;. The van der Waals surface area contributed by atoms with E-state index in [1.54, 1.807) is 0 Å². The fourth-order valence-electron chi connectivity index (χ4n) is 1.49. The minimum Gasteiger partial charge on any atom is -0.438 e. The summed E-state index contributed by atoms with van der Waals surface area (Å²) in [6.45, 7) is 8.97. The monoisotopic (exact) mass is 1350 g/mol. The van der Waals surface area contributed by atoms with Crippen molar-refractivity contribution < 1.29 is 313 Å². The summed E-state index contributed by atoms with van der Waals surface area (Å²) in [7, 11) is 7.28. The van der Waals surface area contributed by atoms with E-state index < -0.39 is 73.6 Å². The van der Waals surface area contributed by atoms with Crippen LogP contribution in [0.15, 0.2) is 0 Å². The first-order chi connectivity index (χ1) is 25.0. The third kappa shape index (κ3) is 115. The quantitative estimate of drug-likeness (QED) is 0.119. The van der Waals surface area contributed by atoms with Gasteiger partial charge in [-0.3, -0.25) is 0 Å². The summed E-state index contributed by atoms with van der Waals surface area (Å²) in [5.74, 6) is 0. The van der Waals surface area contributed by atoms with Crippen LogP contribution >= 0.6 is 0 Å². The first-order valence-corrected chi connectivity index (χ1v) is 15.3. The first kappa shape index (κ1) is 96.9. The van der Waals surface area contributed by atoms with E-state index in [0.29, 0.717) is 0 Å². The van der Waals surface area contributed by atoms with Gasteiger partial charge in [0.2, 0.25) is 0 Å². The van der Waals surface area contributed by atoms with Crippen molar-refractivity contribution in [2.45, 2.75) is 85.6 Å². The molecule has 6 N–H and O–H groups in total. The van der Waals surface area contributed by atoms with Gasteiger partial charge in [-0.1, -0.05) is 7.43 Å². The minimum absolute atomic E-state index is 0. The zero-order valence-corrected chi connectivity index (χ0v) is 53.2. The third-order valence-electron chi connectivity index (χ3n) is 3.65. The number of hydrogen-bond acceptors (Lipinski definition) is 24. The van der Waals surface area contributed by atoms with E-state index in [4.69, 9.17) is 30.6 Å². The molecular weight excluding hydrogens is 1290 g/mol. The van der Waals surface area contributed by atoms with Gasteiger partial charge in [-0.25, -0.2) is 28.8 Å². The predicted octanol–water partition coefficient (Wildman–Crippen LogP) is 1.52. The van der Waals surface area contributed by atoms with Crippen molar-refractivity contribution in [3.63, 3.8) is 0 Å². The maximum atomic E-state index is 10.2. The van der Waals surface area contributed by atoms with Crippen LogP contribution in [-0.4, -0.2) is 186 Å². The van der Waals surface area contributed by atoms with Gasteiger partial charge >= 0.3 is 36.9 Å². The number of aliphatic hydroxyl groups excluding tert-OH is 6. The van der Waals surface area contributed by atoms with E-state index in [0.717, 1.165) is 0 Å². The Morgan fingerprint density at radius 2 is 0.377 bits per heavy atom. The number of carbonyl (C=O) groups is 6. The minimum atomic E-state index is -0.768. The second kappa shape index (κ2) is 73.6. The van der Waals surface area contributed by atoms with E-state index >= 15 is 0 Å². The molecule has 0 spiro atoms. The Labute approximate surface area is 509 Å². The molecule has 30 heteroatoms. The summed E-state index contributed by atoms with van der Waals surface area (Å²) in [6, 6.07) is 0. The Bertz CT molecular complexity index is 749. The number of aliphatic hydroxyl groups is 6. The third-order valence-corrected chi connectivity index (χ3v) is 3.65. The molecule has 6 radical (unpaired) electrons. The molecule has 0 rings (SSSR count). The molecular formula is C31H64O24Y6. The Morgan fingerprint density at radius 3 is 0.426 bits per heavy atom. The van der Waals surface area contributed by atoms with Crippen LogP contribution in [-0.2, 0) is 253 Å². The van der Waals surface area contributed by atoms with Crippen LogP contribution in [0.2, 0.25) is 0 Å². The molecule has 0 amide bonds. The van der Waals surface area contributed by atoms with Crippen LogP contribution in [0.4, 0.5) is 28.8 Å². The number of rotatable bonds is 12. The van der Waals surface area contributed by atoms with Crippen LogP contribution < -0.4 is 0 Å². The summed E-state index contributed by atoms with van der Waals surface area (Å²) in [5.41, 5.74) is 0. The van der Waals surface area contributed by atoms with Gasteiger partial charge < -0.3 is 87.5 Å². The topological polar surface area (TPSA) is 335 Å². The Kier molecular flexibility index (Phi) is 117. The molecule has 24 nitrogen and oxygen atoms in total. The van der Waals surface area contributed by atoms with Gasteiger partial charge in [0.1, 0.15) is 39.6 Å². The van der Waals surface area contributed by atoms with Crippen molar-refractivity contribution in [3.8, 4) is 0 Å². The normalized spacial score (nSPS) is 10.9. The van der Waals surface area contributed by atoms with E-state index in [1.165, 1.54) is 84.2 Å². The number of carbonyl (C=O) groups excluding carboxylic acids is 6. The van der Waals surface area contributed by atoms with Gasteiger partial charge in [0.05, 0.1) is 79.3 Å². The molecule has 6 atom stereocenters. The van der Waals surface area contributed by atoms with Gasteiger partial charge in [0, 0.05) is 196 Å². The van der Waals surface area contributed by atoms with Crippen molar-refractivity contribution in [1.29, 1.82) is 0 Å². The average molecular weight is 1350 g/mol. The molecule has 6 unspecified atom stereocenters. The van der Waals surface area contributed by atoms with Crippen LogP contribution in [0.3, 0.4) is 0 Å². The summed E-state index contributed by atoms with van der Waals surface area (Å²) in [4.78, 5) is 61.0. The fraction of sp³-hybridized carbons (Fsp3) is 0.806. The molecule has 0 heterocycles. The molecule has 0 aliphatic heterocycles. The zero-order valence-electron chi connectivity index (χ0n) is 36.2. The molecule has 0 aliphatic rings. The molecule has 0 fully saturated rings. The Hall–Kier alpha value is 2.00. The van der Waals surface area contributed by atoms with Crippen molar-refractivity contribution in [3.05, 3.63) is 0 Å². The van der Waals surface area contributed by atoms with Gasteiger partial charge in [-0.05, 0) is 41.5 Å². The van der Waals surface area contributed by atoms with Crippen LogP contribution in [0.5, 0.6) is 0 Å². The summed E-state index contributed by atoms with van der Waals surface area (Å²) in [5, 5.41) is 51.4. The van der Waals surface area contributed by atoms with Gasteiger partial charge in [-0.15, -0.1) is 0 Å². The first-order valence-electron chi connectivity index (χ1n) is 15.3. The van der Waals surface area contributed by atoms with Crippen LogP contribution in [0.25, 0.3) is 0 Å². The second-order valence-electron chi connectivity index (χ2n) is 9.68. The van der Waals surface area contributed by atoms with E-state index in [9.17, 15) is 28.8 Å². The second-order valence-corrected chi connectivity index (χ2v) is 9.68. The number of methoxy groups -OCH3 is 6. The summed E-state index contributed by atoms with van der Waals surface area (Å²) in [6.07, 6.45) is -8.42. The molecule has 0 aromatic rings. The van der Waals surface area contributed by atoms with Crippen molar-refractivity contribution in [1.82, 2.24) is 0 Å². The molecule has 0 saturated heterocycles. The Morgan fingerprint density at radius 1 is 0.295 bits per heavy atom. The molecule has 0 bridgehead atoms. The number of hydrogen-bond donors (Lipinski definition) is 6. The molecule has 0 aromatic carbocycles. The van der Waals surface area contributed by atoms with Gasteiger partial charge in [-0.2, -0.15) is 0 Å². The van der Waals surface area contributed by atoms with E-state index in [-0.39, 0.29) is 243 Å². The fourth-order valence-corrected chi connectivity index (χ4v) is 1.49. The molecule has 0 saturated carbocycles. The van der Waals surface area contributed by atoms with E-state index in [2.05, 4.69) is 56.8 Å². The maximum absolute atomic E-state index is 10.2. The molecule has 0 aliphatic carbocycles. The average Bonchev–Trinajstić information content (AvgIpc) is 3.12. The van der Waals surface area contributed by atoms with Crippen LogP contribution in [0, 0.1) is 0 Å². The maximum Gasteiger partial charge on any atom is 0.508 e. The van der Waals surface area contributed by atoms with Crippen LogP contribution in [0.1, 0.15) is 49.0 Å². The van der Waals surface area contributed by atoms with Crippen molar-refractivity contribution >= 4 is 36.9 Å². The molecule has 350 valence electrons. The largest absolute Gasteiger partial charge is 0.508 e. The predicted molar refractivity (Wildman–Crippen MR) is 187 cm³/mol. The van der Waals surface area contributed by atoms with Gasteiger partial charge in [0.15, 0.2) is 0 Å². The smallest absolute Gasteiger partial charge is 0.438 e. The van der Waals surface area contributed by atoms with Crippen molar-refractivity contribution in [2.75, 3.05) is 82.3 Å². The number of ether oxygens (including phenoxy) is 12. The zero-order chi connectivity index (χ0) is 43.7. The van der Waals surface area contributed by atoms with E-state index in [1.807, 2.05) is 0 Å². The molecule has 0 aromatic heterocycles. The molecule has 61 heavy (non-hydrogen) atoms. The van der Waals surface area contributed by atoms with Crippen molar-refractivity contribution in [2.24, 2.45) is 0 Å².